The fourth-order valence-corrected chi connectivity index (χ4v) is 2.40. The van der Waals surface area contributed by atoms with Crippen LogP contribution in [0.2, 0.25) is 0 Å². The number of aromatic nitrogens is 1. The number of hydrogen-bond acceptors (Lipinski definition) is 3. The Bertz CT molecular complexity index is 254. The highest BCUT2D eigenvalue weighted by molar-refractivity contribution is 7.15. The third kappa shape index (κ3) is 0.736. The van der Waals surface area contributed by atoms with Gasteiger partial charge in [0.25, 0.3) is 0 Å². The molecular formula is C7H10N2S. The normalized spacial score (nSPS) is 23.1. The molecule has 0 aromatic carbocycles. The number of fused-ring (bicyclic) bond motifs is 1. The van der Waals surface area contributed by atoms with Crippen molar-refractivity contribution in [1.82, 2.24) is 4.98 Å². The largest absolute Gasteiger partial charge is 0.375 e. The lowest BCUT2D eigenvalue weighted by Gasteiger charge is -1.95. The first kappa shape index (κ1) is 6.16. The fourth-order valence-electron chi connectivity index (χ4n) is 1.43. The van der Waals surface area contributed by atoms with Gasteiger partial charge in [-0.1, -0.05) is 6.92 Å². The van der Waals surface area contributed by atoms with E-state index in [0.717, 1.165) is 5.13 Å². The van der Waals surface area contributed by atoms with Crippen molar-refractivity contribution in [3.63, 3.8) is 0 Å². The molecule has 10 heavy (non-hydrogen) atoms. The van der Waals surface area contributed by atoms with E-state index in [9.17, 15) is 0 Å². The van der Waals surface area contributed by atoms with Gasteiger partial charge in [0.1, 0.15) is 0 Å². The van der Waals surface area contributed by atoms with E-state index in [0.29, 0.717) is 5.92 Å². The lowest BCUT2D eigenvalue weighted by molar-refractivity contribution is 0.731. The summed E-state index contributed by atoms with van der Waals surface area (Å²) in [5.74, 6) is 0.642. The molecule has 0 saturated heterocycles. The van der Waals surface area contributed by atoms with E-state index in [2.05, 4.69) is 11.9 Å². The Morgan fingerprint density at radius 3 is 3.20 bits per heavy atom. The van der Waals surface area contributed by atoms with Gasteiger partial charge in [0.15, 0.2) is 5.13 Å². The number of nitrogens with two attached hydrogens (primary N) is 1. The van der Waals surface area contributed by atoms with E-state index >= 15 is 0 Å². The maximum absolute atomic E-state index is 5.56. The lowest BCUT2D eigenvalue weighted by Crippen LogP contribution is -1.88. The smallest absolute Gasteiger partial charge is 0.180 e. The molecule has 54 valence electrons. The van der Waals surface area contributed by atoms with E-state index in [-0.39, 0.29) is 0 Å². The second kappa shape index (κ2) is 1.95. The van der Waals surface area contributed by atoms with E-state index in [1.54, 1.807) is 11.3 Å². The summed E-state index contributed by atoms with van der Waals surface area (Å²) in [5.41, 5.74) is 6.81. The van der Waals surface area contributed by atoms with Crippen LogP contribution < -0.4 is 5.73 Å². The fraction of sp³-hybridized carbons (Fsp3) is 0.571. The Hall–Kier alpha value is -0.570. The molecular weight excluding hydrogens is 144 g/mol. The van der Waals surface area contributed by atoms with Crippen molar-refractivity contribution in [2.75, 3.05) is 5.73 Å². The zero-order chi connectivity index (χ0) is 7.14. The Kier molecular flexibility index (Phi) is 1.20. The molecule has 0 spiro atoms. The topological polar surface area (TPSA) is 38.9 Å². The lowest BCUT2D eigenvalue weighted by atomic mass is 10.1. The van der Waals surface area contributed by atoms with Crippen LogP contribution in [0.4, 0.5) is 5.13 Å². The molecule has 1 unspecified atom stereocenters. The van der Waals surface area contributed by atoms with Gasteiger partial charge in [-0.05, 0) is 18.8 Å². The average molecular weight is 154 g/mol. The number of anilines is 1. The van der Waals surface area contributed by atoms with Crippen LogP contribution in [0.15, 0.2) is 0 Å². The molecule has 0 amide bonds. The van der Waals surface area contributed by atoms with Gasteiger partial charge in [-0.15, -0.1) is 11.3 Å². The molecule has 2 nitrogen and oxygen atoms in total. The summed E-state index contributed by atoms with van der Waals surface area (Å²) < 4.78 is 0. The van der Waals surface area contributed by atoms with Gasteiger partial charge in [0.05, 0.1) is 5.69 Å². The molecule has 0 saturated carbocycles. The van der Waals surface area contributed by atoms with Crippen molar-refractivity contribution in [3.05, 3.63) is 10.6 Å². The zero-order valence-electron chi connectivity index (χ0n) is 5.92. The van der Waals surface area contributed by atoms with Gasteiger partial charge in [-0.2, -0.15) is 0 Å². The molecule has 1 atom stereocenters. The molecule has 2 rings (SSSR count). The Morgan fingerprint density at radius 2 is 2.50 bits per heavy atom. The van der Waals surface area contributed by atoms with E-state index in [4.69, 9.17) is 5.73 Å². The third-order valence-corrected chi connectivity index (χ3v) is 2.98. The third-order valence-electron chi connectivity index (χ3n) is 2.02. The van der Waals surface area contributed by atoms with E-state index in [1.165, 1.54) is 23.4 Å². The summed E-state index contributed by atoms with van der Waals surface area (Å²) >= 11 is 1.65. The van der Waals surface area contributed by atoms with Gasteiger partial charge in [-0.3, -0.25) is 0 Å². The SMILES string of the molecule is CC1CCc2sc(N)nc21. The molecule has 1 aliphatic rings. The quantitative estimate of drug-likeness (QED) is 0.618. The molecule has 0 bridgehead atoms. The maximum Gasteiger partial charge on any atom is 0.180 e. The van der Waals surface area contributed by atoms with Gasteiger partial charge in [0, 0.05) is 4.88 Å². The molecule has 3 heteroatoms. The number of thiazole rings is 1. The number of nitrogens with zero attached hydrogens (tertiary/aromatic N) is 1. The summed E-state index contributed by atoms with van der Waals surface area (Å²) in [6.45, 7) is 2.21. The summed E-state index contributed by atoms with van der Waals surface area (Å²) in [6.07, 6.45) is 2.44. The van der Waals surface area contributed by atoms with Gasteiger partial charge >= 0.3 is 0 Å². The van der Waals surface area contributed by atoms with Crippen molar-refractivity contribution >= 4 is 16.5 Å². The minimum atomic E-state index is 0.642. The average Bonchev–Trinajstić information content (AvgIpc) is 2.35. The van der Waals surface area contributed by atoms with Crippen LogP contribution in [0.3, 0.4) is 0 Å². The van der Waals surface area contributed by atoms with Crippen LogP contribution >= 0.6 is 11.3 Å². The Labute approximate surface area is 64.1 Å². The second-order valence-corrected chi connectivity index (χ2v) is 3.92. The standard InChI is InChI=1S/C7H10N2S/c1-4-2-3-5-6(4)9-7(8)10-5/h4H,2-3H2,1H3,(H2,8,9). The highest BCUT2D eigenvalue weighted by Gasteiger charge is 2.22. The minimum absolute atomic E-state index is 0.642. The molecule has 2 N–H and O–H groups in total. The first-order chi connectivity index (χ1) is 4.77. The number of aryl methyl sites for hydroxylation is 1. The molecule has 0 radical (unpaired) electrons. The van der Waals surface area contributed by atoms with Crippen molar-refractivity contribution in [2.24, 2.45) is 0 Å². The molecule has 1 aromatic heterocycles. The minimum Gasteiger partial charge on any atom is -0.375 e. The number of hydrogen-bond donors (Lipinski definition) is 1. The van der Waals surface area contributed by atoms with E-state index < -0.39 is 0 Å². The van der Waals surface area contributed by atoms with Gasteiger partial charge < -0.3 is 5.73 Å². The molecule has 1 aliphatic carbocycles. The predicted molar refractivity (Wildman–Crippen MR) is 43.3 cm³/mol. The Morgan fingerprint density at radius 1 is 1.70 bits per heavy atom. The van der Waals surface area contributed by atoms with Crippen LogP contribution in [-0.4, -0.2) is 4.98 Å². The molecule has 0 aliphatic heterocycles. The van der Waals surface area contributed by atoms with E-state index in [1.807, 2.05) is 0 Å². The molecule has 1 heterocycles. The van der Waals surface area contributed by atoms with Crippen LogP contribution in [0.1, 0.15) is 29.8 Å². The molecule has 0 fully saturated rings. The highest BCUT2D eigenvalue weighted by Crippen LogP contribution is 2.36. The van der Waals surface area contributed by atoms with Gasteiger partial charge in [0.2, 0.25) is 0 Å². The first-order valence-corrected chi connectivity index (χ1v) is 4.34. The van der Waals surface area contributed by atoms with Crippen molar-refractivity contribution < 1.29 is 0 Å². The number of rotatable bonds is 0. The summed E-state index contributed by atoms with van der Waals surface area (Å²) in [5, 5.41) is 0.733. The highest BCUT2D eigenvalue weighted by atomic mass is 32.1. The summed E-state index contributed by atoms with van der Waals surface area (Å²) in [6, 6.07) is 0. The van der Waals surface area contributed by atoms with Crippen LogP contribution in [-0.2, 0) is 6.42 Å². The van der Waals surface area contributed by atoms with Crippen LogP contribution in [0.25, 0.3) is 0 Å². The summed E-state index contributed by atoms with van der Waals surface area (Å²) in [7, 11) is 0. The van der Waals surface area contributed by atoms with Crippen LogP contribution in [0.5, 0.6) is 0 Å². The number of nitrogen functional groups attached to an aromatic ring is 1. The predicted octanol–water partition coefficient (Wildman–Crippen LogP) is 1.78. The van der Waals surface area contributed by atoms with Crippen molar-refractivity contribution in [3.8, 4) is 0 Å². The second-order valence-electron chi connectivity index (χ2n) is 2.80. The summed E-state index contributed by atoms with van der Waals surface area (Å²) in [4.78, 5) is 5.68. The Balaban J connectivity index is 2.49. The van der Waals surface area contributed by atoms with Crippen molar-refractivity contribution in [1.29, 1.82) is 0 Å². The maximum atomic E-state index is 5.56. The first-order valence-electron chi connectivity index (χ1n) is 3.52. The monoisotopic (exact) mass is 154 g/mol. The zero-order valence-corrected chi connectivity index (χ0v) is 6.74. The van der Waals surface area contributed by atoms with Crippen LogP contribution in [0, 0.1) is 0 Å². The van der Waals surface area contributed by atoms with Crippen molar-refractivity contribution in [2.45, 2.75) is 25.7 Å². The van der Waals surface area contributed by atoms with Gasteiger partial charge in [-0.25, -0.2) is 4.98 Å². The molecule has 1 aromatic rings.